The van der Waals surface area contributed by atoms with Crippen LogP contribution in [0.5, 0.6) is 0 Å². The summed E-state index contributed by atoms with van der Waals surface area (Å²) in [6.07, 6.45) is 6.83. The molecule has 0 amide bonds. The van der Waals surface area contributed by atoms with E-state index in [1.165, 1.54) is 29.1 Å². The molecule has 0 aromatic heterocycles. The van der Waals surface area contributed by atoms with Crippen molar-refractivity contribution in [3.05, 3.63) is 28.4 Å². The summed E-state index contributed by atoms with van der Waals surface area (Å²) in [4.78, 5) is 1.39. The van der Waals surface area contributed by atoms with Gasteiger partial charge in [-0.1, -0.05) is 0 Å². The minimum atomic E-state index is 1.27. The van der Waals surface area contributed by atoms with Gasteiger partial charge in [0.05, 0.1) is 4.91 Å². The van der Waals surface area contributed by atoms with Crippen molar-refractivity contribution in [2.45, 2.75) is 12.8 Å². The maximum Gasteiger partial charge on any atom is 0.0524 e. The lowest BCUT2D eigenvalue weighted by Gasteiger charge is -2.12. The lowest BCUT2D eigenvalue weighted by Crippen LogP contribution is -1.93. The summed E-state index contributed by atoms with van der Waals surface area (Å²) in [5, 5.41) is 0. The van der Waals surface area contributed by atoms with Gasteiger partial charge in [0, 0.05) is 0 Å². The molecule has 1 heteroatoms. The molecule has 0 aromatic carbocycles. The highest BCUT2D eigenvalue weighted by molar-refractivity contribution is 8.03. The van der Waals surface area contributed by atoms with Crippen LogP contribution in [0.15, 0.2) is 28.4 Å². The zero-order chi connectivity index (χ0) is 6.10. The Labute approximate surface area is 59.3 Å². The van der Waals surface area contributed by atoms with E-state index < -0.39 is 0 Å². The largest absolute Gasteiger partial charge is 0.118 e. The summed E-state index contributed by atoms with van der Waals surface area (Å²) in [6, 6.07) is 0. The minimum absolute atomic E-state index is 1.27. The van der Waals surface area contributed by atoms with Gasteiger partial charge in [0.25, 0.3) is 0 Å². The molecule has 1 heterocycles. The molecule has 0 saturated carbocycles. The molecule has 0 nitrogen and oxygen atoms in total. The maximum atomic E-state index is 3.22. The van der Waals surface area contributed by atoms with E-state index in [0.717, 1.165) is 0 Å². The van der Waals surface area contributed by atoms with Crippen LogP contribution in [0.3, 0.4) is 0 Å². The second-order valence-electron chi connectivity index (χ2n) is 2.28. The van der Waals surface area contributed by atoms with Crippen molar-refractivity contribution in [2.75, 3.05) is 5.75 Å². The average molecular weight is 136 g/mol. The van der Waals surface area contributed by atoms with Gasteiger partial charge in [0.2, 0.25) is 0 Å². The number of thioether (sulfide) groups is 1. The minimum Gasteiger partial charge on any atom is -0.118 e. The molecule has 0 spiro atoms. The number of allylic oxidation sites excluding steroid dienone is 2. The molecular formula is C8H8S. The molecule has 0 radical (unpaired) electrons. The summed E-state index contributed by atoms with van der Waals surface area (Å²) in [6.45, 7) is 0. The second-order valence-corrected chi connectivity index (χ2v) is 3.39. The lowest BCUT2D eigenvalue weighted by atomic mass is 10.1. The molecule has 2 rings (SSSR count). The predicted molar refractivity (Wildman–Crippen MR) is 41.4 cm³/mol. The van der Waals surface area contributed by atoms with E-state index in [1.54, 1.807) is 0 Å². The zero-order valence-electron chi connectivity index (χ0n) is 5.18. The Hall–Kier alpha value is -0.390. The standard InChI is InChI=1S/C8H8S/c1-3-7-4-2-6-9-8(7)5-1/h1,3H,2,4,6H2. The Kier molecular flexibility index (Phi) is 1.25. The number of hydrogen-bond donors (Lipinski definition) is 0. The highest BCUT2D eigenvalue weighted by Gasteiger charge is 2.12. The van der Waals surface area contributed by atoms with E-state index in [4.69, 9.17) is 0 Å². The summed E-state index contributed by atoms with van der Waals surface area (Å²) in [5.41, 5.74) is 4.73. The van der Waals surface area contributed by atoms with Crippen molar-refractivity contribution < 1.29 is 0 Å². The molecule has 0 atom stereocenters. The molecule has 0 bridgehead atoms. The molecular weight excluding hydrogens is 128 g/mol. The van der Waals surface area contributed by atoms with Crippen molar-refractivity contribution in [1.29, 1.82) is 0 Å². The molecule has 1 aliphatic heterocycles. The quantitative estimate of drug-likeness (QED) is 0.461. The third-order valence-electron chi connectivity index (χ3n) is 1.63. The van der Waals surface area contributed by atoms with Crippen molar-refractivity contribution in [1.82, 2.24) is 0 Å². The number of hydrogen-bond acceptors (Lipinski definition) is 1. The van der Waals surface area contributed by atoms with Crippen LogP contribution in [0.2, 0.25) is 0 Å². The van der Waals surface area contributed by atoms with Gasteiger partial charge in [-0.05, 0) is 36.3 Å². The van der Waals surface area contributed by atoms with Crippen molar-refractivity contribution in [3.63, 3.8) is 0 Å². The van der Waals surface area contributed by atoms with Crippen molar-refractivity contribution in [3.8, 4) is 0 Å². The van der Waals surface area contributed by atoms with Gasteiger partial charge in [0.15, 0.2) is 0 Å². The maximum absolute atomic E-state index is 3.22. The molecule has 1 saturated heterocycles. The highest BCUT2D eigenvalue weighted by Crippen LogP contribution is 2.34. The third kappa shape index (κ3) is 0.868. The second kappa shape index (κ2) is 2.09. The first-order valence-corrected chi connectivity index (χ1v) is 4.24. The lowest BCUT2D eigenvalue weighted by molar-refractivity contribution is 0.924. The average Bonchev–Trinajstić information content (AvgIpc) is 2.33. The van der Waals surface area contributed by atoms with E-state index in [-0.39, 0.29) is 0 Å². The molecule has 46 valence electrons. The van der Waals surface area contributed by atoms with Gasteiger partial charge in [-0.3, -0.25) is 0 Å². The summed E-state index contributed by atoms with van der Waals surface area (Å²) in [5.74, 6) is 1.29. The van der Waals surface area contributed by atoms with Crippen molar-refractivity contribution >= 4 is 11.8 Å². The molecule has 1 fully saturated rings. The van der Waals surface area contributed by atoms with Gasteiger partial charge in [-0.25, -0.2) is 0 Å². The Morgan fingerprint density at radius 2 is 2.56 bits per heavy atom. The van der Waals surface area contributed by atoms with Crippen LogP contribution in [0.4, 0.5) is 0 Å². The van der Waals surface area contributed by atoms with E-state index in [2.05, 4.69) is 11.8 Å². The molecule has 9 heavy (non-hydrogen) atoms. The smallest absolute Gasteiger partial charge is 0.0524 e. The topological polar surface area (TPSA) is 0 Å². The summed E-state index contributed by atoms with van der Waals surface area (Å²) >= 11 is 1.94. The molecule has 0 N–H and O–H groups in total. The fourth-order valence-corrected chi connectivity index (χ4v) is 2.15. The fourth-order valence-electron chi connectivity index (χ4n) is 1.15. The first-order valence-electron chi connectivity index (χ1n) is 3.26. The third-order valence-corrected chi connectivity index (χ3v) is 2.79. The first kappa shape index (κ1) is 5.40. The van der Waals surface area contributed by atoms with Crippen LogP contribution in [0.25, 0.3) is 0 Å². The van der Waals surface area contributed by atoms with E-state index in [1.807, 2.05) is 17.8 Å². The SMILES string of the molecule is C1=CC=C2CCCSC=12. The first-order chi connectivity index (χ1) is 4.47. The number of rotatable bonds is 0. The summed E-state index contributed by atoms with van der Waals surface area (Å²) < 4.78 is 0. The Bertz CT molecular complexity index is 217. The summed E-state index contributed by atoms with van der Waals surface area (Å²) in [7, 11) is 0. The van der Waals surface area contributed by atoms with Gasteiger partial charge in [-0.2, -0.15) is 0 Å². The van der Waals surface area contributed by atoms with Crippen LogP contribution in [-0.4, -0.2) is 5.75 Å². The Morgan fingerprint density at radius 1 is 1.56 bits per heavy atom. The van der Waals surface area contributed by atoms with E-state index in [0.29, 0.717) is 0 Å². The van der Waals surface area contributed by atoms with Gasteiger partial charge in [0.1, 0.15) is 0 Å². The predicted octanol–water partition coefficient (Wildman–Crippen LogP) is 2.49. The van der Waals surface area contributed by atoms with Crippen LogP contribution in [-0.2, 0) is 0 Å². The number of fused-ring (bicyclic) bond motifs is 1. The van der Waals surface area contributed by atoms with Crippen LogP contribution < -0.4 is 0 Å². The molecule has 0 unspecified atom stereocenters. The van der Waals surface area contributed by atoms with Gasteiger partial charge >= 0.3 is 0 Å². The Balaban J connectivity index is 2.30. The van der Waals surface area contributed by atoms with E-state index in [9.17, 15) is 0 Å². The van der Waals surface area contributed by atoms with Gasteiger partial charge < -0.3 is 0 Å². The zero-order valence-corrected chi connectivity index (χ0v) is 6.00. The molecule has 1 aliphatic carbocycles. The van der Waals surface area contributed by atoms with E-state index >= 15 is 0 Å². The monoisotopic (exact) mass is 136 g/mol. The van der Waals surface area contributed by atoms with Gasteiger partial charge in [-0.15, -0.1) is 17.5 Å². The van der Waals surface area contributed by atoms with Crippen LogP contribution >= 0.6 is 11.8 Å². The Morgan fingerprint density at radius 3 is 3.44 bits per heavy atom. The normalized spacial score (nSPS) is 23.1. The molecule has 2 aliphatic rings. The molecule has 0 aromatic rings. The van der Waals surface area contributed by atoms with Crippen LogP contribution in [0.1, 0.15) is 12.8 Å². The fraction of sp³-hybridized carbons (Fsp3) is 0.375. The van der Waals surface area contributed by atoms with Crippen LogP contribution in [0, 0.1) is 0 Å². The highest BCUT2D eigenvalue weighted by atomic mass is 32.2. The van der Waals surface area contributed by atoms with Crippen molar-refractivity contribution in [2.24, 2.45) is 0 Å².